The first-order valence-electron chi connectivity index (χ1n) is 7.55. The van der Waals surface area contributed by atoms with E-state index in [1.807, 2.05) is 6.92 Å². The summed E-state index contributed by atoms with van der Waals surface area (Å²) in [4.78, 5) is 0. The molecule has 1 aromatic carbocycles. The predicted molar refractivity (Wildman–Crippen MR) is 89.0 cm³/mol. The molecule has 25 heavy (non-hydrogen) atoms. The van der Waals surface area contributed by atoms with Gasteiger partial charge in [-0.15, -0.1) is 0 Å². The molecule has 2 N–H and O–H groups in total. The van der Waals surface area contributed by atoms with Gasteiger partial charge in [-0.3, -0.25) is 5.10 Å². The van der Waals surface area contributed by atoms with Gasteiger partial charge in [0.15, 0.2) is 5.82 Å². The Labute approximate surface area is 146 Å². The third-order valence-corrected chi connectivity index (χ3v) is 3.88. The van der Waals surface area contributed by atoms with Gasteiger partial charge in [-0.2, -0.15) is 18.3 Å². The van der Waals surface area contributed by atoms with Gasteiger partial charge in [-0.05, 0) is 36.5 Å². The smallest absolute Gasteiger partial charge is 0.416 e. The molecule has 0 saturated carbocycles. The van der Waals surface area contributed by atoms with Gasteiger partial charge in [0.1, 0.15) is 11.5 Å². The number of aromatic nitrogens is 3. The minimum atomic E-state index is -4.39. The summed E-state index contributed by atoms with van der Waals surface area (Å²) in [5.41, 5.74) is 2.73. The van der Waals surface area contributed by atoms with Crippen molar-refractivity contribution in [2.24, 2.45) is 0 Å². The number of H-pyrrole nitrogens is 1. The summed E-state index contributed by atoms with van der Waals surface area (Å²) in [7, 11) is 0. The highest BCUT2D eigenvalue weighted by Crippen LogP contribution is 2.32. The minimum absolute atomic E-state index is 0.319. The first-order valence-corrected chi connectivity index (χ1v) is 7.96. The molecular formula is C16H15F3N4OS. The van der Waals surface area contributed by atoms with Crippen molar-refractivity contribution in [2.45, 2.75) is 26.1 Å². The van der Waals surface area contributed by atoms with Gasteiger partial charge in [0.25, 0.3) is 0 Å². The Morgan fingerprint density at radius 1 is 1.28 bits per heavy atom. The molecule has 3 rings (SSSR count). The van der Waals surface area contributed by atoms with Gasteiger partial charge in [0, 0.05) is 12.0 Å². The quantitative estimate of drug-likeness (QED) is 0.650. The predicted octanol–water partition coefficient (Wildman–Crippen LogP) is 4.53. The first kappa shape index (κ1) is 17.3. The molecule has 9 heteroatoms. The largest absolute Gasteiger partial charge is 0.459 e. The number of benzene rings is 1. The molecule has 0 saturated heterocycles. The molecule has 0 fully saturated rings. The second-order valence-electron chi connectivity index (χ2n) is 5.31. The fourth-order valence-electron chi connectivity index (χ4n) is 2.36. The minimum Gasteiger partial charge on any atom is -0.459 e. The number of halogens is 3. The van der Waals surface area contributed by atoms with E-state index in [-0.39, 0.29) is 0 Å². The van der Waals surface area contributed by atoms with Crippen molar-refractivity contribution in [1.29, 1.82) is 0 Å². The van der Waals surface area contributed by atoms with Gasteiger partial charge in [0.2, 0.25) is 4.77 Å². The number of alkyl halides is 3. The summed E-state index contributed by atoms with van der Waals surface area (Å²) >= 11 is 5.13. The van der Waals surface area contributed by atoms with Crippen LogP contribution in [0, 0.1) is 4.77 Å². The fourth-order valence-corrected chi connectivity index (χ4v) is 2.58. The van der Waals surface area contributed by atoms with Crippen molar-refractivity contribution in [3.63, 3.8) is 0 Å². The van der Waals surface area contributed by atoms with Crippen molar-refractivity contribution in [1.82, 2.24) is 14.9 Å². The number of furan rings is 1. The van der Waals surface area contributed by atoms with Gasteiger partial charge in [-0.25, -0.2) is 4.68 Å². The lowest BCUT2D eigenvalue weighted by molar-refractivity contribution is -0.137. The molecule has 0 aliphatic carbocycles. The maximum absolute atomic E-state index is 12.8. The molecule has 0 spiro atoms. The van der Waals surface area contributed by atoms with Crippen LogP contribution >= 0.6 is 12.2 Å². The zero-order valence-corrected chi connectivity index (χ0v) is 14.0. The van der Waals surface area contributed by atoms with Crippen LogP contribution in [0.2, 0.25) is 0 Å². The number of rotatable bonds is 5. The van der Waals surface area contributed by atoms with E-state index in [2.05, 4.69) is 15.6 Å². The molecule has 2 aromatic heterocycles. The van der Waals surface area contributed by atoms with E-state index < -0.39 is 11.7 Å². The molecule has 3 aromatic rings. The molecule has 0 radical (unpaired) electrons. The summed E-state index contributed by atoms with van der Waals surface area (Å²) in [5.74, 6) is 1.68. The van der Waals surface area contributed by atoms with Gasteiger partial charge in [-0.1, -0.05) is 19.1 Å². The second-order valence-corrected chi connectivity index (χ2v) is 5.70. The molecule has 0 aliphatic heterocycles. The number of hydrogen-bond acceptors (Lipinski definition) is 4. The first-order chi connectivity index (χ1) is 11.9. The van der Waals surface area contributed by atoms with Crippen LogP contribution in [-0.4, -0.2) is 14.9 Å². The second kappa shape index (κ2) is 6.75. The Morgan fingerprint density at radius 2 is 2.08 bits per heavy atom. The summed E-state index contributed by atoms with van der Waals surface area (Å²) < 4.78 is 46.2. The standard InChI is InChI=1S/C16H15F3N4OS/c1-2-14-21-22-15(25)23(14)20-9-12-6-7-13(24-12)10-4-3-5-11(8-10)16(17,18)19/h3-8,20H,2,9H2,1H3,(H,22,25). The zero-order chi connectivity index (χ0) is 18.0. The average Bonchev–Trinajstić information content (AvgIpc) is 3.19. The molecule has 0 atom stereocenters. The summed E-state index contributed by atoms with van der Waals surface area (Å²) in [6.45, 7) is 2.27. The molecule has 2 heterocycles. The van der Waals surface area contributed by atoms with Crippen LogP contribution in [0.25, 0.3) is 11.3 Å². The van der Waals surface area contributed by atoms with Crippen LogP contribution in [0.15, 0.2) is 40.8 Å². The molecule has 0 bridgehead atoms. The van der Waals surface area contributed by atoms with Gasteiger partial charge >= 0.3 is 6.18 Å². The number of aromatic amines is 1. The lowest BCUT2D eigenvalue weighted by Crippen LogP contribution is -2.16. The van der Waals surface area contributed by atoms with Gasteiger partial charge < -0.3 is 9.84 Å². The number of nitrogens with zero attached hydrogens (tertiary/aromatic N) is 2. The molecule has 5 nitrogen and oxygen atoms in total. The highest BCUT2D eigenvalue weighted by Gasteiger charge is 2.30. The molecular weight excluding hydrogens is 353 g/mol. The maximum Gasteiger partial charge on any atom is 0.416 e. The van der Waals surface area contributed by atoms with Crippen molar-refractivity contribution in [3.8, 4) is 11.3 Å². The third kappa shape index (κ3) is 3.76. The summed E-state index contributed by atoms with van der Waals surface area (Å²) in [5, 5.41) is 6.77. The number of aryl methyl sites for hydroxylation is 1. The van der Waals surface area contributed by atoms with Crippen LogP contribution < -0.4 is 5.43 Å². The molecule has 0 unspecified atom stereocenters. The van der Waals surface area contributed by atoms with Crippen LogP contribution in [0.3, 0.4) is 0 Å². The Hall–Kier alpha value is -2.55. The van der Waals surface area contributed by atoms with E-state index in [1.165, 1.54) is 6.07 Å². The Kier molecular flexibility index (Phi) is 4.67. The molecule has 0 amide bonds. The van der Waals surface area contributed by atoms with Crippen LogP contribution in [-0.2, 0) is 19.1 Å². The lowest BCUT2D eigenvalue weighted by atomic mass is 10.1. The van der Waals surface area contributed by atoms with E-state index in [4.69, 9.17) is 16.6 Å². The van der Waals surface area contributed by atoms with Crippen molar-refractivity contribution in [3.05, 3.63) is 58.3 Å². The SMILES string of the molecule is CCc1n[nH]c(=S)n1NCc1ccc(-c2cccc(C(F)(F)F)c2)o1. The Bertz CT molecular complexity index is 926. The van der Waals surface area contributed by atoms with Crippen LogP contribution in [0.4, 0.5) is 13.2 Å². The zero-order valence-electron chi connectivity index (χ0n) is 13.2. The number of nitrogens with one attached hydrogen (secondary N) is 2. The van der Waals surface area contributed by atoms with E-state index in [9.17, 15) is 13.2 Å². The Balaban J connectivity index is 1.77. The van der Waals surface area contributed by atoms with Crippen molar-refractivity contribution in [2.75, 3.05) is 5.43 Å². The monoisotopic (exact) mass is 368 g/mol. The highest BCUT2D eigenvalue weighted by atomic mass is 32.1. The normalized spacial score (nSPS) is 11.7. The molecule has 132 valence electrons. The average molecular weight is 368 g/mol. The maximum atomic E-state index is 12.8. The highest BCUT2D eigenvalue weighted by molar-refractivity contribution is 7.71. The van der Waals surface area contributed by atoms with E-state index >= 15 is 0 Å². The molecule has 0 aliphatic rings. The van der Waals surface area contributed by atoms with Crippen LogP contribution in [0.1, 0.15) is 24.1 Å². The summed E-state index contributed by atoms with van der Waals surface area (Å²) in [6, 6.07) is 8.38. The fraction of sp³-hybridized carbons (Fsp3) is 0.250. The van der Waals surface area contributed by atoms with Crippen molar-refractivity contribution < 1.29 is 17.6 Å². The van der Waals surface area contributed by atoms with E-state index in [0.717, 1.165) is 18.0 Å². The number of hydrogen-bond donors (Lipinski definition) is 2. The van der Waals surface area contributed by atoms with Crippen molar-refractivity contribution >= 4 is 12.2 Å². The van der Waals surface area contributed by atoms with E-state index in [0.29, 0.717) is 34.8 Å². The van der Waals surface area contributed by atoms with Gasteiger partial charge in [0.05, 0.1) is 12.1 Å². The topological polar surface area (TPSA) is 58.8 Å². The van der Waals surface area contributed by atoms with E-state index in [1.54, 1.807) is 22.9 Å². The van der Waals surface area contributed by atoms with Crippen LogP contribution in [0.5, 0.6) is 0 Å². The summed E-state index contributed by atoms with van der Waals surface area (Å²) in [6.07, 6.45) is -3.70. The lowest BCUT2D eigenvalue weighted by Gasteiger charge is -2.08. The Morgan fingerprint density at radius 3 is 2.80 bits per heavy atom. The third-order valence-electron chi connectivity index (χ3n) is 3.61.